The summed E-state index contributed by atoms with van der Waals surface area (Å²) in [6, 6.07) is 2.68. The number of aryl methyl sites for hydroxylation is 1. The van der Waals surface area contributed by atoms with Crippen molar-refractivity contribution in [2.75, 3.05) is 7.11 Å². The van der Waals surface area contributed by atoms with E-state index < -0.39 is 15.0 Å². The lowest BCUT2D eigenvalue weighted by molar-refractivity contribution is 0.0591. The highest BCUT2D eigenvalue weighted by atomic mass is 35.7. The molecule has 0 radical (unpaired) electrons. The fourth-order valence-electron chi connectivity index (χ4n) is 1.68. The first-order valence-electron chi connectivity index (χ1n) is 4.78. The lowest BCUT2D eigenvalue weighted by atomic mass is 10.1. The SMILES string of the molecule is COC(=O)c1noc2ccc(S(=O)(=O)Cl)c(C)c12. The molecule has 0 unspecified atom stereocenters. The average molecular weight is 290 g/mol. The van der Waals surface area contributed by atoms with Crippen molar-refractivity contribution in [2.45, 2.75) is 11.8 Å². The molecule has 1 aromatic carbocycles. The zero-order valence-corrected chi connectivity index (χ0v) is 11.0. The van der Waals surface area contributed by atoms with Gasteiger partial charge in [-0.3, -0.25) is 0 Å². The Hall–Kier alpha value is -1.60. The highest BCUT2D eigenvalue weighted by Crippen LogP contribution is 2.29. The standard InChI is InChI=1S/C10H8ClNO5S/c1-5-7(18(11,14)15)4-3-6-8(5)9(12-17-6)10(13)16-2/h3-4H,1-2H3. The molecule has 0 saturated carbocycles. The highest BCUT2D eigenvalue weighted by Gasteiger charge is 2.23. The third-order valence-electron chi connectivity index (χ3n) is 2.49. The predicted octanol–water partition coefficient (Wildman–Crippen LogP) is 1.85. The second-order valence-corrected chi connectivity index (χ2v) is 6.06. The third kappa shape index (κ3) is 1.95. The Morgan fingerprint density at radius 3 is 2.67 bits per heavy atom. The number of methoxy groups -OCH3 is 1. The van der Waals surface area contributed by atoms with Crippen LogP contribution in [0.5, 0.6) is 0 Å². The molecule has 2 aromatic rings. The number of hydrogen-bond donors (Lipinski definition) is 0. The van der Waals surface area contributed by atoms with Crippen LogP contribution < -0.4 is 0 Å². The third-order valence-corrected chi connectivity index (χ3v) is 3.96. The van der Waals surface area contributed by atoms with Crippen molar-refractivity contribution in [3.63, 3.8) is 0 Å². The second kappa shape index (κ2) is 4.25. The van der Waals surface area contributed by atoms with E-state index in [0.717, 1.165) is 0 Å². The number of esters is 1. The van der Waals surface area contributed by atoms with Gasteiger partial charge in [0.05, 0.1) is 17.4 Å². The largest absolute Gasteiger partial charge is 0.464 e. The molecular weight excluding hydrogens is 282 g/mol. The molecule has 1 heterocycles. The van der Waals surface area contributed by atoms with Gasteiger partial charge >= 0.3 is 5.97 Å². The summed E-state index contributed by atoms with van der Waals surface area (Å²) in [4.78, 5) is 11.4. The van der Waals surface area contributed by atoms with Crippen molar-refractivity contribution < 1.29 is 22.5 Å². The molecule has 18 heavy (non-hydrogen) atoms. The van der Waals surface area contributed by atoms with Crippen LogP contribution in [0.25, 0.3) is 11.0 Å². The minimum absolute atomic E-state index is 0.0767. The minimum atomic E-state index is -3.90. The number of carbonyl (C=O) groups excluding carboxylic acids is 1. The molecule has 1 aromatic heterocycles. The molecule has 0 atom stereocenters. The van der Waals surface area contributed by atoms with Crippen molar-refractivity contribution >= 4 is 36.7 Å². The van der Waals surface area contributed by atoms with Gasteiger partial charge in [0, 0.05) is 10.7 Å². The number of ether oxygens (including phenoxy) is 1. The lowest BCUT2D eigenvalue weighted by Crippen LogP contribution is -2.03. The van der Waals surface area contributed by atoms with Crippen LogP contribution in [-0.2, 0) is 13.8 Å². The van der Waals surface area contributed by atoms with E-state index in [0.29, 0.717) is 5.56 Å². The Labute approximate surface area is 107 Å². The van der Waals surface area contributed by atoms with E-state index in [-0.39, 0.29) is 21.6 Å². The molecule has 0 aliphatic heterocycles. The topological polar surface area (TPSA) is 86.5 Å². The summed E-state index contributed by atoms with van der Waals surface area (Å²) in [7, 11) is 2.60. The van der Waals surface area contributed by atoms with Gasteiger partial charge in [0.1, 0.15) is 0 Å². The van der Waals surface area contributed by atoms with Crippen LogP contribution in [-0.4, -0.2) is 26.7 Å². The molecule has 2 rings (SSSR count). The zero-order valence-electron chi connectivity index (χ0n) is 9.43. The van der Waals surface area contributed by atoms with Gasteiger partial charge in [-0.1, -0.05) is 5.16 Å². The Morgan fingerprint density at radius 2 is 2.11 bits per heavy atom. The first-order chi connectivity index (χ1) is 8.36. The van der Waals surface area contributed by atoms with Crippen molar-refractivity contribution in [3.05, 3.63) is 23.4 Å². The molecular formula is C10H8ClNO5S. The van der Waals surface area contributed by atoms with Gasteiger partial charge in [-0.25, -0.2) is 13.2 Å². The van der Waals surface area contributed by atoms with Crippen molar-refractivity contribution in [2.24, 2.45) is 0 Å². The summed E-state index contributed by atoms with van der Waals surface area (Å²) in [5.74, 6) is -0.707. The van der Waals surface area contributed by atoms with Crippen molar-refractivity contribution in [3.8, 4) is 0 Å². The Balaban J connectivity index is 2.84. The number of fused-ring (bicyclic) bond motifs is 1. The fraction of sp³-hybridized carbons (Fsp3) is 0.200. The maximum Gasteiger partial charge on any atom is 0.360 e. The van der Waals surface area contributed by atoms with Gasteiger partial charge in [-0.05, 0) is 24.6 Å². The van der Waals surface area contributed by atoms with E-state index in [1.165, 1.54) is 26.2 Å². The lowest BCUT2D eigenvalue weighted by Gasteiger charge is -2.02. The summed E-state index contributed by atoms with van der Waals surface area (Å²) in [6.45, 7) is 1.52. The molecule has 96 valence electrons. The number of rotatable bonds is 2. The quantitative estimate of drug-likeness (QED) is 0.619. The number of halogens is 1. The molecule has 0 amide bonds. The summed E-state index contributed by atoms with van der Waals surface area (Å²) < 4.78 is 32.2. The number of aromatic nitrogens is 1. The number of benzene rings is 1. The van der Waals surface area contributed by atoms with E-state index in [2.05, 4.69) is 9.89 Å². The smallest absolute Gasteiger partial charge is 0.360 e. The van der Waals surface area contributed by atoms with Gasteiger partial charge < -0.3 is 9.26 Å². The minimum Gasteiger partial charge on any atom is -0.464 e. The summed E-state index contributed by atoms with van der Waals surface area (Å²) >= 11 is 0. The molecule has 0 saturated heterocycles. The van der Waals surface area contributed by atoms with Crippen LogP contribution in [0, 0.1) is 6.92 Å². The summed E-state index contributed by atoms with van der Waals surface area (Å²) in [5, 5.41) is 3.84. The fourth-order valence-corrected chi connectivity index (χ4v) is 2.88. The molecule has 6 nitrogen and oxygen atoms in total. The number of nitrogens with zero attached hydrogens (tertiary/aromatic N) is 1. The second-order valence-electron chi connectivity index (χ2n) is 3.52. The van der Waals surface area contributed by atoms with Crippen LogP contribution in [0.15, 0.2) is 21.6 Å². The van der Waals surface area contributed by atoms with Crippen molar-refractivity contribution in [1.29, 1.82) is 0 Å². The van der Waals surface area contributed by atoms with Gasteiger partial charge in [0.25, 0.3) is 9.05 Å². The van der Waals surface area contributed by atoms with E-state index >= 15 is 0 Å². The normalized spacial score (nSPS) is 11.7. The highest BCUT2D eigenvalue weighted by molar-refractivity contribution is 8.13. The first-order valence-corrected chi connectivity index (χ1v) is 7.09. The van der Waals surface area contributed by atoms with E-state index in [1.54, 1.807) is 0 Å². The molecule has 0 N–H and O–H groups in total. The Morgan fingerprint density at radius 1 is 1.44 bits per heavy atom. The van der Waals surface area contributed by atoms with Gasteiger partial charge in [-0.2, -0.15) is 0 Å². The molecule has 0 aliphatic rings. The van der Waals surface area contributed by atoms with Crippen molar-refractivity contribution in [1.82, 2.24) is 5.16 Å². The van der Waals surface area contributed by atoms with Gasteiger partial charge in [-0.15, -0.1) is 0 Å². The van der Waals surface area contributed by atoms with Crippen LogP contribution >= 0.6 is 10.7 Å². The number of hydrogen-bond acceptors (Lipinski definition) is 6. The monoisotopic (exact) mass is 289 g/mol. The molecule has 8 heteroatoms. The Bertz CT molecular complexity index is 734. The average Bonchev–Trinajstić information content (AvgIpc) is 2.71. The number of carbonyl (C=O) groups is 1. The van der Waals surface area contributed by atoms with Crippen LogP contribution in [0.3, 0.4) is 0 Å². The maximum atomic E-state index is 11.5. The molecule has 0 spiro atoms. The maximum absolute atomic E-state index is 11.5. The molecule has 0 aliphatic carbocycles. The van der Waals surface area contributed by atoms with Crippen LogP contribution in [0.4, 0.5) is 0 Å². The van der Waals surface area contributed by atoms with Crippen LogP contribution in [0.2, 0.25) is 0 Å². The summed E-state index contributed by atoms with van der Waals surface area (Å²) in [5.41, 5.74) is 0.508. The Kier molecular flexibility index (Phi) is 3.04. The van der Waals surface area contributed by atoms with Gasteiger partial charge in [0.2, 0.25) is 0 Å². The van der Waals surface area contributed by atoms with Gasteiger partial charge in [0.15, 0.2) is 11.3 Å². The molecule has 0 bridgehead atoms. The predicted molar refractivity (Wildman–Crippen MR) is 63.1 cm³/mol. The zero-order chi connectivity index (χ0) is 13.5. The van der Waals surface area contributed by atoms with E-state index in [4.69, 9.17) is 15.2 Å². The van der Waals surface area contributed by atoms with E-state index in [9.17, 15) is 13.2 Å². The van der Waals surface area contributed by atoms with Crippen LogP contribution in [0.1, 0.15) is 16.1 Å². The van der Waals surface area contributed by atoms with E-state index in [1.807, 2.05) is 0 Å². The first kappa shape index (κ1) is 12.8. The summed E-state index contributed by atoms with van der Waals surface area (Å²) in [6.07, 6.45) is 0. The molecule has 0 fully saturated rings.